The van der Waals surface area contributed by atoms with Crippen LogP contribution in [0.25, 0.3) is 0 Å². The van der Waals surface area contributed by atoms with E-state index in [1.165, 1.54) is 0 Å². The highest BCUT2D eigenvalue weighted by Gasteiger charge is 2.73. The van der Waals surface area contributed by atoms with Gasteiger partial charge in [-0.3, -0.25) is 4.98 Å². The Hall–Kier alpha value is -1.34. The SMILES string of the molecule is FC(F)(F)C(F)(F)C(F)(F)c1[c]cncc1. The largest absolute Gasteiger partial charge is 0.460 e. The van der Waals surface area contributed by atoms with Crippen molar-refractivity contribution in [2.45, 2.75) is 18.0 Å². The molecule has 0 spiro atoms. The lowest BCUT2D eigenvalue weighted by molar-refractivity contribution is -0.359. The van der Waals surface area contributed by atoms with E-state index in [9.17, 15) is 30.7 Å². The predicted molar refractivity (Wildman–Crippen MR) is 38.0 cm³/mol. The first-order valence-corrected chi connectivity index (χ1v) is 3.75. The molecule has 0 bridgehead atoms. The van der Waals surface area contributed by atoms with E-state index in [2.05, 4.69) is 4.98 Å². The maximum absolute atomic E-state index is 12.9. The molecule has 0 aliphatic rings. The molecule has 0 saturated heterocycles. The van der Waals surface area contributed by atoms with Gasteiger partial charge < -0.3 is 0 Å². The highest BCUT2D eigenvalue weighted by molar-refractivity contribution is 5.19. The molecule has 89 valence electrons. The van der Waals surface area contributed by atoms with Gasteiger partial charge in [-0.25, -0.2) is 0 Å². The predicted octanol–water partition coefficient (Wildman–Crippen LogP) is 3.17. The van der Waals surface area contributed by atoms with Crippen LogP contribution in [0.4, 0.5) is 30.7 Å². The molecule has 0 aromatic carbocycles. The van der Waals surface area contributed by atoms with Crippen molar-refractivity contribution in [2.24, 2.45) is 0 Å². The Balaban J connectivity index is 3.22. The topological polar surface area (TPSA) is 12.9 Å². The Bertz CT molecular complexity index is 356. The minimum Gasteiger partial charge on any atom is -0.264 e. The lowest BCUT2D eigenvalue weighted by Gasteiger charge is -2.28. The van der Waals surface area contributed by atoms with E-state index in [0.717, 1.165) is 0 Å². The zero-order chi connectivity index (χ0) is 12.6. The quantitative estimate of drug-likeness (QED) is 0.730. The molecule has 0 aliphatic heterocycles. The van der Waals surface area contributed by atoms with E-state index in [-0.39, 0.29) is 0 Å². The van der Waals surface area contributed by atoms with Crippen LogP contribution in [0.2, 0.25) is 0 Å². The molecule has 0 fully saturated rings. The van der Waals surface area contributed by atoms with Gasteiger partial charge in [0.15, 0.2) is 0 Å². The number of halogens is 7. The van der Waals surface area contributed by atoms with Crippen LogP contribution in [0.15, 0.2) is 18.5 Å². The molecule has 1 nitrogen and oxygen atoms in total. The first-order valence-electron chi connectivity index (χ1n) is 3.75. The Labute approximate surface area is 84.9 Å². The van der Waals surface area contributed by atoms with Crippen molar-refractivity contribution in [1.29, 1.82) is 0 Å². The Kier molecular flexibility index (Phi) is 2.86. The molecule has 0 atom stereocenters. The fourth-order valence-corrected chi connectivity index (χ4v) is 0.858. The molecule has 0 amide bonds. The monoisotopic (exact) mass is 246 g/mol. The molecule has 1 heterocycles. The molecule has 1 aromatic heterocycles. The van der Waals surface area contributed by atoms with Gasteiger partial charge in [0.05, 0.1) is 0 Å². The van der Waals surface area contributed by atoms with Crippen LogP contribution in [0.5, 0.6) is 0 Å². The summed E-state index contributed by atoms with van der Waals surface area (Å²) in [5.74, 6) is -11.5. The standard InChI is InChI=1S/C8H3F7N/c9-6(10,5-1-3-16-4-2-5)7(11,12)8(13,14)15/h1,3-4H. The summed E-state index contributed by atoms with van der Waals surface area (Å²) < 4.78 is 86.0. The van der Waals surface area contributed by atoms with E-state index in [0.29, 0.717) is 18.5 Å². The Morgan fingerprint density at radius 3 is 1.94 bits per heavy atom. The smallest absolute Gasteiger partial charge is 0.264 e. The number of alkyl halides is 7. The zero-order valence-corrected chi connectivity index (χ0v) is 7.33. The minimum atomic E-state index is -6.34. The first-order chi connectivity index (χ1) is 7.11. The number of pyridine rings is 1. The van der Waals surface area contributed by atoms with Crippen LogP contribution in [0, 0.1) is 6.07 Å². The number of nitrogens with zero attached hydrogens (tertiary/aromatic N) is 1. The van der Waals surface area contributed by atoms with Crippen molar-refractivity contribution in [1.82, 2.24) is 4.98 Å². The number of hydrogen-bond donors (Lipinski definition) is 0. The third kappa shape index (κ3) is 1.83. The molecule has 0 saturated carbocycles. The average Bonchev–Trinajstić information content (AvgIpc) is 2.17. The van der Waals surface area contributed by atoms with E-state index >= 15 is 0 Å². The number of hydrogen-bond acceptors (Lipinski definition) is 1. The van der Waals surface area contributed by atoms with Crippen molar-refractivity contribution in [3.8, 4) is 0 Å². The third-order valence-corrected chi connectivity index (χ3v) is 1.71. The summed E-state index contributed by atoms with van der Waals surface area (Å²) in [5, 5.41) is 0. The van der Waals surface area contributed by atoms with Crippen LogP contribution in [0.1, 0.15) is 5.56 Å². The molecule has 1 radical (unpaired) electrons. The molecular formula is C8H3F7N. The van der Waals surface area contributed by atoms with Gasteiger partial charge in [-0.05, 0) is 6.07 Å². The van der Waals surface area contributed by atoms with Crippen LogP contribution < -0.4 is 0 Å². The third-order valence-electron chi connectivity index (χ3n) is 1.71. The van der Waals surface area contributed by atoms with Crippen LogP contribution in [-0.4, -0.2) is 17.1 Å². The van der Waals surface area contributed by atoms with Crippen LogP contribution in [-0.2, 0) is 5.92 Å². The summed E-state index contributed by atoms with van der Waals surface area (Å²) in [6, 6.07) is 1.89. The molecule has 1 rings (SSSR count). The van der Waals surface area contributed by atoms with Gasteiger partial charge in [-0.15, -0.1) is 0 Å². The van der Waals surface area contributed by atoms with Crippen LogP contribution in [0.3, 0.4) is 0 Å². The molecular weight excluding hydrogens is 243 g/mol. The van der Waals surface area contributed by atoms with E-state index in [1.54, 1.807) is 6.07 Å². The van der Waals surface area contributed by atoms with Gasteiger partial charge in [0.1, 0.15) is 0 Å². The maximum atomic E-state index is 12.9. The second-order valence-electron chi connectivity index (χ2n) is 2.80. The average molecular weight is 246 g/mol. The van der Waals surface area contributed by atoms with Gasteiger partial charge in [-0.1, -0.05) is 0 Å². The summed E-state index contributed by atoms with van der Waals surface area (Å²) >= 11 is 0. The van der Waals surface area contributed by atoms with Gasteiger partial charge >= 0.3 is 18.0 Å². The highest BCUT2D eigenvalue weighted by atomic mass is 19.4. The second-order valence-corrected chi connectivity index (χ2v) is 2.80. The number of aromatic nitrogens is 1. The molecule has 0 aliphatic carbocycles. The lowest BCUT2D eigenvalue weighted by Crippen LogP contribution is -2.50. The molecule has 8 heteroatoms. The molecule has 0 unspecified atom stereocenters. The summed E-state index contributed by atoms with van der Waals surface area (Å²) in [7, 11) is 0. The van der Waals surface area contributed by atoms with Crippen molar-refractivity contribution in [3.63, 3.8) is 0 Å². The minimum absolute atomic E-state index is 0.347. The van der Waals surface area contributed by atoms with Crippen molar-refractivity contribution in [2.75, 3.05) is 0 Å². The normalized spacial score (nSPS) is 13.9. The van der Waals surface area contributed by atoms with E-state index in [1.807, 2.05) is 0 Å². The summed E-state index contributed by atoms with van der Waals surface area (Å²) in [4.78, 5) is 3.19. The van der Waals surface area contributed by atoms with Crippen molar-refractivity contribution in [3.05, 3.63) is 30.1 Å². The van der Waals surface area contributed by atoms with Crippen LogP contribution >= 0.6 is 0 Å². The summed E-state index contributed by atoms with van der Waals surface area (Å²) in [5.41, 5.74) is -1.56. The highest BCUT2D eigenvalue weighted by Crippen LogP contribution is 2.51. The fourth-order valence-electron chi connectivity index (χ4n) is 0.858. The summed E-state index contributed by atoms with van der Waals surface area (Å²) in [6.45, 7) is 0. The fraction of sp³-hybridized carbons (Fsp3) is 0.375. The van der Waals surface area contributed by atoms with Crippen molar-refractivity contribution < 1.29 is 30.7 Å². The van der Waals surface area contributed by atoms with E-state index < -0.39 is 23.6 Å². The van der Waals surface area contributed by atoms with Gasteiger partial charge in [0.25, 0.3) is 0 Å². The van der Waals surface area contributed by atoms with Crippen molar-refractivity contribution >= 4 is 0 Å². The number of rotatable bonds is 2. The van der Waals surface area contributed by atoms with Gasteiger partial charge in [-0.2, -0.15) is 30.7 Å². The van der Waals surface area contributed by atoms with E-state index in [4.69, 9.17) is 0 Å². The Morgan fingerprint density at radius 2 is 1.56 bits per heavy atom. The molecule has 1 aromatic rings. The summed E-state index contributed by atoms with van der Waals surface area (Å²) in [6.07, 6.45) is -5.09. The van der Waals surface area contributed by atoms with Gasteiger partial charge in [0.2, 0.25) is 0 Å². The zero-order valence-electron chi connectivity index (χ0n) is 7.33. The van der Waals surface area contributed by atoms with Gasteiger partial charge in [0, 0.05) is 24.0 Å². The molecule has 16 heavy (non-hydrogen) atoms. The molecule has 0 N–H and O–H groups in total. The second kappa shape index (κ2) is 3.60. The first kappa shape index (κ1) is 12.7. The lowest BCUT2D eigenvalue weighted by atomic mass is 10.0. The maximum Gasteiger partial charge on any atom is 0.460 e. The Morgan fingerprint density at radius 1 is 1.00 bits per heavy atom.